The Morgan fingerprint density at radius 3 is 2.82 bits per heavy atom. The minimum atomic E-state index is -0.653. The predicted molar refractivity (Wildman–Crippen MR) is 86.0 cm³/mol. The van der Waals surface area contributed by atoms with Crippen LogP contribution in [0, 0.1) is 6.92 Å². The third-order valence-corrected chi connectivity index (χ3v) is 4.15. The molecule has 1 aliphatic rings. The van der Waals surface area contributed by atoms with E-state index in [1.54, 1.807) is 18.2 Å². The third-order valence-electron chi connectivity index (χ3n) is 3.74. The molecule has 120 valence electrons. The number of benzene rings is 1. The summed E-state index contributed by atoms with van der Waals surface area (Å²) in [5.74, 6) is -1.20. The number of likely N-dealkylation sites (N-methyl/N-ethyl adjacent to an activating group) is 1. The molecule has 0 radical (unpaired) electrons. The number of carbonyl (C=O) groups is 2. The van der Waals surface area contributed by atoms with E-state index in [1.165, 1.54) is 4.90 Å². The summed E-state index contributed by atoms with van der Waals surface area (Å²) in [6.07, 6.45) is 1.97. The van der Waals surface area contributed by atoms with Gasteiger partial charge in [0.1, 0.15) is 0 Å². The Bertz CT molecular complexity index is 556. The summed E-state index contributed by atoms with van der Waals surface area (Å²) < 4.78 is 5.52. The van der Waals surface area contributed by atoms with Gasteiger partial charge in [0, 0.05) is 30.4 Å². The second-order valence-corrected chi connectivity index (χ2v) is 5.80. The molecule has 1 aromatic rings. The van der Waals surface area contributed by atoms with Crippen molar-refractivity contribution in [2.24, 2.45) is 0 Å². The highest BCUT2D eigenvalue weighted by atomic mass is 35.5. The Hall–Kier alpha value is -1.59. The highest BCUT2D eigenvalue weighted by Gasteiger charge is 2.25. The molecule has 2 rings (SSSR count). The zero-order valence-electron chi connectivity index (χ0n) is 12.9. The van der Waals surface area contributed by atoms with Gasteiger partial charge in [-0.25, -0.2) is 0 Å². The molecule has 0 bridgehead atoms. The number of ether oxygens (including phenoxy) is 1. The maximum absolute atomic E-state index is 12.2. The lowest BCUT2D eigenvalue weighted by molar-refractivity contribution is -0.144. The first-order valence-electron chi connectivity index (χ1n) is 7.49. The van der Waals surface area contributed by atoms with Crippen molar-refractivity contribution in [3.05, 3.63) is 28.8 Å². The zero-order valence-corrected chi connectivity index (χ0v) is 13.7. The maximum atomic E-state index is 12.2. The van der Waals surface area contributed by atoms with Crippen LogP contribution in [-0.4, -0.2) is 42.5 Å². The van der Waals surface area contributed by atoms with Crippen molar-refractivity contribution in [2.75, 3.05) is 25.0 Å². The molecule has 1 saturated heterocycles. The zero-order chi connectivity index (χ0) is 16.1. The van der Waals surface area contributed by atoms with Gasteiger partial charge >= 0.3 is 11.8 Å². The Morgan fingerprint density at radius 2 is 2.23 bits per heavy atom. The van der Waals surface area contributed by atoms with Gasteiger partial charge in [0.25, 0.3) is 0 Å². The van der Waals surface area contributed by atoms with Crippen LogP contribution in [-0.2, 0) is 14.3 Å². The number of nitrogens with one attached hydrogen (secondary N) is 1. The lowest BCUT2D eigenvalue weighted by Crippen LogP contribution is -2.43. The number of halogens is 1. The van der Waals surface area contributed by atoms with Crippen LogP contribution in [0.2, 0.25) is 5.02 Å². The highest BCUT2D eigenvalue weighted by Crippen LogP contribution is 2.20. The average molecular weight is 325 g/mol. The molecule has 0 spiro atoms. The van der Waals surface area contributed by atoms with Gasteiger partial charge in [-0.1, -0.05) is 17.7 Å². The van der Waals surface area contributed by atoms with Crippen LogP contribution in [0.15, 0.2) is 18.2 Å². The summed E-state index contributed by atoms with van der Waals surface area (Å²) >= 11 is 6.02. The van der Waals surface area contributed by atoms with Gasteiger partial charge in [-0.2, -0.15) is 0 Å². The normalized spacial score (nSPS) is 17.3. The van der Waals surface area contributed by atoms with Gasteiger partial charge in [-0.3, -0.25) is 9.59 Å². The molecule has 0 aromatic heterocycles. The van der Waals surface area contributed by atoms with Gasteiger partial charge in [-0.15, -0.1) is 0 Å². The number of amides is 2. The van der Waals surface area contributed by atoms with Gasteiger partial charge in [0.05, 0.1) is 6.10 Å². The van der Waals surface area contributed by atoms with E-state index in [0.29, 0.717) is 23.8 Å². The summed E-state index contributed by atoms with van der Waals surface area (Å²) in [5, 5.41) is 3.15. The van der Waals surface area contributed by atoms with Gasteiger partial charge in [-0.05, 0) is 44.4 Å². The molecule has 6 heteroatoms. The Kier molecular flexibility index (Phi) is 5.80. The van der Waals surface area contributed by atoms with Crippen LogP contribution >= 0.6 is 11.6 Å². The topological polar surface area (TPSA) is 58.6 Å². The van der Waals surface area contributed by atoms with Crippen LogP contribution in [0.3, 0.4) is 0 Å². The largest absolute Gasteiger partial charge is 0.376 e. The molecule has 22 heavy (non-hydrogen) atoms. The van der Waals surface area contributed by atoms with E-state index in [9.17, 15) is 9.59 Å². The molecule has 2 amide bonds. The fourth-order valence-electron chi connectivity index (χ4n) is 2.39. The second-order valence-electron chi connectivity index (χ2n) is 5.40. The number of carbonyl (C=O) groups excluding carboxylic acids is 2. The van der Waals surface area contributed by atoms with E-state index in [-0.39, 0.29) is 6.10 Å². The van der Waals surface area contributed by atoms with Crippen molar-refractivity contribution in [2.45, 2.75) is 32.8 Å². The molecule has 1 heterocycles. The minimum absolute atomic E-state index is 0.0329. The molecule has 1 atom stereocenters. The lowest BCUT2D eigenvalue weighted by Gasteiger charge is -2.23. The summed E-state index contributed by atoms with van der Waals surface area (Å²) in [5.41, 5.74) is 1.43. The molecule has 1 aromatic carbocycles. The van der Waals surface area contributed by atoms with Crippen molar-refractivity contribution in [1.82, 2.24) is 4.90 Å². The van der Waals surface area contributed by atoms with E-state index in [2.05, 4.69) is 5.32 Å². The van der Waals surface area contributed by atoms with E-state index >= 15 is 0 Å². The highest BCUT2D eigenvalue weighted by molar-refractivity contribution is 6.39. The number of aryl methyl sites for hydroxylation is 1. The summed E-state index contributed by atoms with van der Waals surface area (Å²) in [6, 6.07) is 5.16. The monoisotopic (exact) mass is 324 g/mol. The average Bonchev–Trinajstić information content (AvgIpc) is 3.01. The standard InChI is InChI=1S/C16H21ClN2O3/c1-3-19(10-13-5-4-8-22-13)16(21)15(20)18-12-7-6-11(2)14(17)9-12/h6-7,9,13H,3-5,8,10H2,1-2H3,(H,18,20)/t13-/m0/s1. The SMILES string of the molecule is CCN(C[C@@H]1CCCO1)C(=O)C(=O)Nc1ccc(C)c(Cl)c1. The molecule has 0 saturated carbocycles. The Morgan fingerprint density at radius 1 is 1.45 bits per heavy atom. The molecule has 1 fully saturated rings. The smallest absolute Gasteiger partial charge is 0.313 e. The van der Waals surface area contributed by atoms with Crippen molar-refractivity contribution in [3.8, 4) is 0 Å². The van der Waals surface area contributed by atoms with Gasteiger partial charge in [0.15, 0.2) is 0 Å². The van der Waals surface area contributed by atoms with Crippen molar-refractivity contribution >= 4 is 29.1 Å². The van der Waals surface area contributed by atoms with Crippen LogP contribution in [0.4, 0.5) is 5.69 Å². The van der Waals surface area contributed by atoms with Crippen LogP contribution in [0.1, 0.15) is 25.3 Å². The molecule has 0 unspecified atom stereocenters. The Balaban J connectivity index is 1.96. The van der Waals surface area contributed by atoms with E-state index in [1.807, 2.05) is 13.8 Å². The van der Waals surface area contributed by atoms with Crippen molar-refractivity contribution < 1.29 is 14.3 Å². The fourth-order valence-corrected chi connectivity index (χ4v) is 2.57. The summed E-state index contributed by atoms with van der Waals surface area (Å²) in [6.45, 7) is 5.38. The fraction of sp³-hybridized carbons (Fsp3) is 0.500. The quantitative estimate of drug-likeness (QED) is 0.866. The van der Waals surface area contributed by atoms with E-state index in [0.717, 1.165) is 25.0 Å². The number of hydrogen-bond acceptors (Lipinski definition) is 3. The van der Waals surface area contributed by atoms with Gasteiger partial charge in [0.2, 0.25) is 0 Å². The number of anilines is 1. The summed E-state index contributed by atoms with van der Waals surface area (Å²) in [4.78, 5) is 25.9. The van der Waals surface area contributed by atoms with Crippen LogP contribution in [0.25, 0.3) is 0 Å². The van der Waals surface area contributed by atoms with E-state index < -0.39 is 11.8 Å². The number of rotatable bonds is 4. The predicted octanol–water partition coefficient (Wildman–Crippen LogP) is 2.61. The second kappa shape index (κ2) is 7.61. The first-order chi connectivity index (χ1) is 10.5. The maximum Gasteiger partial charge on any atom is 0.313 e. The molecule has 0 aliphatic carbocycles. The Labute approximate surface area is 135 Å². The first kappa shape index (κ1) is 16.8. The number of hydrogen-bond donors (Lipinski definition) is 1. The molecular weight excluding hydrogens is 304 g/mol. The van der Waals surface area contributed by atoms with Crippen LogP contribution in [0.5, 0.6) is 0 Å². The lowest BCUT2D eigenvalue weighted by atomic mass is 10.2. The van der Waals surface area contributed by atoms with Gasteiger partial charge < -0.3 is 15.0 Å². The molecule has 5 nitrogen and oxygen atoms in total. The minimum Gasteiger partial charge on any atom is -0.376 e. The first-order valence-corrected chi connectivity index (χ1v) is 7.87. The number of nitrogens with zero attached hydrogens (tertiary/aromatic N) is 1. The molecular formula is C16H21ClN2O3. The molecule has 1 N–H and O–H groups in total. The third kappa shape index (κ3) is 4.21. The summed E-state index contributed by atoms with van der Waals surface area (Å²) in [7, 11) is 0. The molecule has 1 aliphatic heterocycles. The van der Waals surface area contributed by atoms with Crippen molar-refractivity contribution in [3.63, 3.8) is 0 Å². The van der Waals surface area contributed by atoms with Crippen LogP contribution < -0.4 is 5.32 Å². The van der Waals surface area contributed by atoms with Crippen molar-refractivity contribution in [1.29, 1.82) is 0 Å². The van der Waals surface area contributed by atoms with E-state index in [4.69, 9.17) is 16.3 Å².